The summed E-state index contributed by atoms with van der Waals surface area (Å²) in [5.41, 5.74) is 10.2. The largest absolute Gasteiger partial charge is 0.334 e. The second kappa shape index (κ2) is 6.92. The number of nitrogens with zero attached hydrogens (tertiary/aromatic N) is 1. The highest BCUT2D eigenvalue weighted by molar-refractivity contribution is 5.87. The highest BCUT2D eigenvalue weighted by Gasteiger charge is 2.38. The lowest BCUT2D eigenvalue weighted by atomic mass is 9.89. The van der Waals surface area contributed by atoms with Crippen LogP contribution >= 0.6 is 0 Å². The Hall–Kier alpha value is -2.34. The fraction of sp³-hybridized carbons (Fsp3) is 0.545. The highest BCUT2D eigenvalue weighted by atomic mass is 16.2. The molecule has 0 radical (unpaired) electrons. The van der Waals surface area contributed by atoms with Crippen LogP contribution in [0.5, 0.6) is 0 Å². The molecule has 1 aromatic heterocycles. The first kappa shape index (κ1) is 19.0. The number of fused-ring (bicyclic) bond motifs is 3. The van der Waals surface area contributed by atoms with E-state index >= 15 is 0 Å². The molecular formula is C22H31N4O2+. The summed E-state index contributed by atoms with van der Waals surface area (Å²) in [6.45, 7) is 9.88. The monoisotopic (exact) mass is 383 g/mol. The molecule has 4 rings (SSSR count). The van der Waals surface area contributed by atoms with Crippen LogP contribution in [-0.4, -0.2) is 29.5 Å². The van der Waals surface area contributed by atoms with Crippen LogP contribution in [0.15, 0.2) is 18.2 Å². The van der Waals surface area contributed by atoms with Gasteiger partial charge in [0.15, 0.2) is 6.54 Å². The molecule has 2 amide bonds. The summed E-state index contributed by atoms with van der Waals surface area (Å²) in [4.78, 5) is 25.8. The average Bonchev–Trinajstić information content (AvgIpc) is 2.96. The number of hydrazine groups is 1. The molecule has 2 aromatic rings. The van der Waals surface area contributed by atoms with E-state index < -0.39 is 5.41 Å². The number of benzene rings is 1. The van der Waals surface area contributed by atoms with Crippen LogP contribution in [0.1, 0.15) is 56.5 Å². The van der Waals surface area contributed by atoms with Gasteiger partial charge in [-0.05, 0) is 37.5 Å². The molecule has 6 heteroatoms. The van der Waals surface area contributed by atoms with E-state index in [0.717, 1.165) is 32.4 Å². The van der Waals surface area contributed by atoms with Gasteiger partial charge in [0, 0.05) is 22.7 Å². The van der Waals surface area contributed by atoms with Crippen LogP contribution in [0.25, 0.3) is 10.9 Å². The highest BCUT2D eigenvalue weighted by Crippen LogP contribution is 2.37. The summed E-state index contributed by atoms with van der Waals surface area (Å²) in [5, 5.41) is 1.39. The maximum absolute atomic E-state index is 12.5. The normalized spacial score (nSPS) is 21.3. The van der Waals surface area contributed by atoms with Gasteiger partial charge in [-0.25, -0.2) is 0 Å². The number of aryl methyl sites for hydroxylation is 2. The summed E-state index contributed by atoms with van der Waals surface area (Å²) < 4.78 is 2.48. The minimum atomic E-state index is -0.525. The lowest BCUT2D eigenvalue weighted by Crippen LogP contribution is -3.15. The Morgan fingerprint density at radius 2 is 2.04 bits per heavy atom. The van der Waals surface area contributed by atoms with Crippen molar-refractivity contribution < 1.29 is 14.5 Å². The van der Waals surface area contributed by atoms with Gasteiger partial charge in [0.1, 0.15) is 6.04 Å². The third-order valence-electron chi connectivity index (χ3n) is 6.15. The minimum Gasteiger partial charge on any atom is -0.334 e. The van der Waals surface area contributed by atoms with Crippen LogP contribution in [0.2, 0.25) is 0 Å². The van der Waals surface area contributed by atoms with Crippen LogP contribution in [0.3, 0.4) is 0 Å². The molecule has 0 saturated heterocycles. The van der Waals surface area contributed by atoms with Crippen molar-refractivity contribution in [3.63, 3.8) is 0 Å². The zero-order valence-corrected chi connectivity index (χ0v) is 17.3. The number of rotatable bonds is 2. The number of aromatic nitrogens is 1. The average molecular weight is 384 g/mol. The van der Waals surface area contributed by atoms with Gasteiger partial charge in [0.05, 0.1) is 18.8 Å². The standard InChI is InChI=1S/C22H30N4O2/c1-14-8-9-17-16(12-14)15-6-5-7-18-20(15)26(17)11-10-25(18)13-19(27)23-24-21(28)22(2,3)4/h8-9,12,18H,5-7,10-11,13H2,1-4H3,(H,23,27)(H,24,28)/p+1/t18-/m1/s1. The molecule has 0 spiro atoms. The summed E-state index contributed by atoms with van der Waals surface area (Å²) in [6, 6.07) is 7.11. The van der Waals surface area contributed by atoms with E-state index in [1.54, 1.807) is 0 Å². The smallest absolute Gasteiger partial charge is 0.293 e. The Labute approximate surface area is 166 Å². The second-order valence-electron chi connectivity index (χ2n) is 9.32. The van der Waals surface area contributed by atoms with E-state index in [4.69, 9.17) is 0 Å². The summed E-state index contributed by atoms with van der Waals surface area (Å²) in [7, 11) is 0. The van der Waals surface area contributed by atoms with Crippen molar-refractivity contribution in [1.29, 1.82) is 0 Å². The molecule has 2 heterocycles. The molecular weight excluding hydrogens is 352 g/mol. The first-order valence-corrected chi connectivity index (χ1v) is 10.3. The van der Waals surface area contributed by atoms with Gasteiger partial charge >= 0.3 is 0 Å². The Morgan fingerprint density at radius 1 is 1.25 bits per heavy atom. The quantitative estimate of drug-likeness (QED) is 0.687. The topological polar surface area (TPSA) is 67.6 Å². The Kier molecular flexibility index (Phi) is 4.70. The van der Waals surface area contributed by atoms with Gasteiger partial charge in [0.25, 0.3) is 5.91 Å². The van der Waals surface area contributed by atoms with Gasteiger partial charge in [0.2, 0.25) is 5.91 Å². The van der Waals surface area contributed by atoms with E-state index in [0.29, 0.717) is 12.6 Å². The third kappa shape index (κ3) is 3.30. The SMILES string of the molecule is Cc1ccc2c(c1)c1c3n2CC[NH+](CC(=O)NNC(=O)C(C)(C)C)[C@@H]3CCC1. The van der Waals surface area contributed by atoms with E-state index in [-0.39, 0.29) is 11.8 Å². The van der Waals surface area contributed by atoms with Crippen LogP contribution in [0.4, 0.5) is 0 Å². The molecule has 1 unspecified atom stereocenters. The summed E-state index contributed by atoms with van der Waals surface area (Å²) in [5.74, 6) is -0.301. The van der Waals surface area contributed by atoms with Gasteiger partial charge in [-0.3, -0.25) is 20.4 Å². The predicted molar refractivity (Wildman–Crippen MR) is 109 cm³/mol. The van der Waals surface area contributed by atoms with Crippen molar-refractivity contribution in [2.75, 3.05) is 13.1 Å². The molecule has 1 aliphatic carbocycles. The molecule has 28 heavy (non-hydrogen) atoms. The molecule has 1 aromatic carbocycles. The number of carbonyl (C=O) groups is 2. The third-order valence-corrected chi connectivity index (χ3v) is 6.15. The summed E-state index contributed by atoms with van der Waals surface area (Å²) in [6.07, 6.45) is 3.40. The summed E-state index contributed by atoms with van der Waals surface area (Å²) >= 11 is 0. The Bertz CT molecular complexity index is 938. The number of quaternary nitrogens is 1. The van der Waals surface area contributed by atoms with Gasteiger partial charge in [-0.1, -0.05) is 32.4 Å². The van der Waals surface area contributed by atoms with Crippen LogP contribution in [0, 0.1) is 12.3 Å². The lowest BCUT2D eigenvalue weighted by molar-refractivity contribution is -0.929. The van der Waals surface area contributed by atoms with E-state index in [1.165, 1.54) is 32.6 Å². The number of carbonyl (C=O) groups excluding carboxylic acids is 2. The lowest BCUT2D eigenvalue weighted by Gasteiger charge is -2.36. The van der Waals surface area contributed by atoms with E-state index in [2.05, 4.69) is 40.5 Å². The molecule has 150 valence electrons. The molecule has 0 fully saturated rings. The molecule has 1 aliphatic heterocycles. The Morgan fingerprint density at radius 3 is 2.79 bits per heavy atom. The molecule has 2 atom stereocenters. The van der Waals surface area contributed by atoms with E-state index in [1.807, 2.05) is 20.8 Å². The number of amides is 2. The van der Waals surface area contributed by atoms with Gasteiger partial charge in [-0.15, -0.1) is 0 Å². The zero-order valence-electron chi connectivity index (χ0n) is 17.3. The van der Waals surface area contributed by atoms with E-state index in [9.17, 15) is 9.59 Å². The number of hydrogen-bond acceptors (Lipinski definition) is 2. The fourth-order valence-electron chi connectivity index (χ4n) is 4.68. The second-order valence-corrected chi connectivity index (χ2v) is 9.32. The molecule has 0 bridgehead atoms. The maximum Gasteiger partial charge on any atom is 0.293 e. The number of hydrogen-bond donors (Lipinski definition) is 3. The zero-order chi connectivity index (χ0) is 20.1. The van der Waals surface area contributed by atoms with Crippen LogP contribution in [-0.2, 0) is 22.6 Å². The van der Waals surface area contributed by atoms with Crippen molar-refractivity contribution in [3.05, 3.63) is 35.0 Å². The van der Waals surface area contributed by atoms with Crippen molar-refractivity contribution in [2.45, 2.75) is 59.5 Å². The van der Waals surface area contributed by atoms with Crippen molar-refractivity contribution in [1.82, 2.24) is 15.4 Å². The van der Waals surface area contributed by atoms with Crippen molar-refractivity contribution >= 4 is 22.7 Å². The van der Waals surface area contributed by atoms with Gasteiger partial charge < -0.3 is 9.47 Å². The van der Waals surface area contributed by atoms with Crippen LogP contribution < -0.4 is 15.8 Å². The maximum atomic E-state index is 12.5. The minimum absolute atomic E-state index is 0.125. The molecule has 0 saturated carbocycles. The Balaban J connectivity index is 1.53. The molecule has 2 aliphatic rings. The predicted octanol–water partition coefficient (Wildman–Crippen LogP) is 1.42. The molecule has 3 N–H and O–H groups in total. The van der Waals surface area contributed by atoms with Crippen molar-refractivity contribution in [2.24, 2.45) is 5.41 Å². The number of nitrogens with one attached hydrogen (secondary N) is 3. The fourth-order valence-corrected chi connectivity index (χ4v) is 4.68. The van der Waals surface area contributed by atoms with Crippen molar-refractivity contribution in [3.8, 4) is 0 Å². The first-order valence-electron chi connectivity index (χ1n) is 10.3. The first-order chi connectivity index (χ1) is 13.3. The van der Waals surface area contributed by atoms with Gasteiger partial charge in [-0.2, -0.15) is 0 Å². The molecule has 6 nitrogen and oxygen atoms in total.